The van der Waals surface area contributed by atoms with Crippen LogP contribution >= 0.6 is 0 Å². The Kier molecular flexibility index (Phi) is 4.97. The van der Waals surface area contributed by atoms with Crippen LogP contribution in [0.5, 0.6) is 0 Å². The zero-order chi connectivity index (χ0) is 19.8. The maximum Gasteiger partial charge on any atom is 0.344 e. The number of aryl methyl sites for hydroxylation is 1. The molecule has 0 saturated carbocycles. The summed E-state index contributed by atoms with van der Waals surface area (Å²) < 4.78 is 45.1. The molecule has 0 unspecified atom stereocenters. The van der Waals surface area contributed by atoms with E-state index in [-0.39, 0.29) is 39.7 Å². The van der Waals surface area contributed by atoms with Crippen molar-refractivity contribution in [2.45, 2.75) is 25.7 Å². The summed E-state index contributed by atoms with van der Waals surface area (Å²) in [5, 5.41) is 4.28. The highest BCUT2D eigenvalue weighted by atomic mass is 32.2. The van der Waals surface area contributed by atoms with Crippen molar-refractivity contribution >= 4 is 21.5 Å². The number of halogens is 1. The molecule has 0 amide bonds. The fraction of sp³-hybridized carbons (Fsp3) is 0.278. The smallest absolute Gasteiger partial charge is 0.344 e. The van der Waals surface area contributed by atoms with Gasteiger partial charge >= 0.3 is 5.97 Å². The van der Waals surface area contributed by atoms with Gasteiger partial charge in [0.05, 0.1) is 17.3 Å². The predicted molar refractivity (Wildman–Crippen MR) is 96.8 cm³/mol. The van der Waals surface area contributed by atoms with E-state index in [0.717, 1.165) is 11.6 Å². The second kappa shape index (κ2) is 7.07. The van der Waals surface area contributed by atoms with E-state index in [9.17, 15) is 17.6 Å². The number of hydrogen-bond acceptors (Lipinski definition) is 6. The Balaban J connectivity index is 2.25. The molecule has 0 fully saturated rings. The molecule has 7 nitrogen and oxygen atoms in total. The largest absolute Gasteiger partial charge is 0.462 e. The molecule has 3 aromatic rings. The molecule has 0 aliphatic heterocycles. The van der Waals surface area contributed by atoms with Gasteiger partial charge < -0.3 is 4.74 Å². The third-order valence-electron chi connectivity index (χ3n) is 4.02. The molecule has 27 heavy (non-hydrogen) atoms. The van der Waals surface area contributed by atoms with Gasteiger partial charge in [-0.25, -0.2) is 27.1 Å². The van der Waals surface area contributed by atoms with Crippen molar-refractivity contribution in [3.63, 3.8) is 0 Å². The minimum Gasteiger partial charge on any atom is -0.462 e. The molecule has 0 N–H and O–H groups in total. The molecule has 1 aromatic carbocycles. The Morgan fingerprint density at radius 3 is 2.67 bits per heavy atom. The van der Waals surface area contributed by atoms with Crippen molar-refractivity contribution in [2.24, 2.45) is 0 Å². The molecule has 0 bridgehead atoms. The molecule has 2 aromatic heterocycles. The van der Waals surface area contributed by atoms with Gasteiger partial charge in [-0.2, -0.15) is 5.10 Å². The van der Waals surface area contributed by atoms with Gasteiger partial charge in [0.2, 0.25) is 0 Å². The van der Waals surface area contributed by atoms with Crippen LogP contribution in [0.15, 0.2) is 35.5 Å². The van der Waals surface area contributed by atoms with Gasteiger partial charge in [0.1, 0.15) is 17.1 Å². The SMILES string of the molecule is CCOC(=O)c1c(-c2ccc(S(=O)(=O)CC)cc2F)nn2cc(C)cnc12. The number of ether oxygens (including phenoxy) is 1. The van der Waals surface area contributed by atoms with Crippen LogP contribution in [-0.2, 0) is 14.6 Å². The lowest BCUT2D eigenvalue weighted by molar-refractivity contribution is 0.0529. The van der Waals surface area contributed by atoms with Crippen LogP contribution in [0.3, 0.4) is 0 Å². The van der Waals surface area contributed by atoms with Gasteiger partial charge in [-0.1, -0.05) is 6.92 Å². The topological polar surface area (TPSA) is 90.6 Å². The normalized spacial score (nSPS) is 11.7. The van der Waals surface area contributed by atoms with Crippen LogP contribution < -0.4 is 0 Å². The minimum absolute atomic E-state index is 0.00346. The Morgan fingerprint density at radius 1 is 1.30 bits per heavy atom. The first-order valence-corrected chi connectivity index (χ1v) is 9.98. The van der Waals surface area contributed by atoms with Gasteiger partial charge in [0.15, 0.2) is 15.5 Å². The minimum atomic E-state index is -3.55. The number of sulfone groups is 1. The number of benzene rings is 1. The van der Waals surface area contributed by atoms with E-state index in [2.05, 4.69) is 10.1 Å². The van der Waals surface area contributed by atoms with Crippen LogP contribution in [0.25, 0.3) is 16.9 Å². The van der Waals surface area contributed by atoms with Crippen LogP contribution in [0.2, 0.25) is 0 Å². The lowest BCUT2D eigenvalue weighted by Gasteiger charge is -2.06. The maximum atomic E-state index is 14.8. The predicted octanol–water partition coefficient (Wildman–Crippen LogP) is 2.81. The number of carbonyl (C=O) groups excluding carboxylic acids is 1. The summed E-state index contributed by atoms with van der Waals surface area (Å²) in [6, 6.07) is 3.54. The Hall–Kier alpha value is -2.81. The highest BCUT2D eigenvalue weighted by Gasteiger charge is 2.26. The van der Waals surface area contributed by atoms with E-state index >= 15 is 0 Å². The lowest BCUT2D eigenvalue weighted by Crippen LogP contribution is -2.07. The van der Waals surface area contributed by atoms with E-state index in [1.54, 1.807) is 19.3 Å². The molecular weight excluding hydrogens is 373 g/mol. The molecule has 3 rings (SSSR count). The second-order valence-electron chi connectivity index (χ2n) is 5.89. The van der Waals surface area contributed by atoms with Crippen molar-refractivity contribution < 1.29 is 22.3 Å². The van der Waals surface area contributed by atoms with Crippen molar-refractivity contribution in [3.8, 4) is 11.3 Å². The summed E-state index contributed by atoms with van der Waals surface area (Å²) in [4.78, 5) is 16.5. The van der Waals surface area contributed by atoms with Crippen molar-refractivity contribution in [2.75, 3.05) is 12.4 Å². The van der Waals surface area contributed by atoms with Gasteiger partial charge in [-0.05, 0) is 37.6 Å². The van der Waals surface area contributed by atoms with E-state index in [4.69, 9.17) is 4.74 Å². The molecule has 0 saturated heterocycles. The maximum absolute atomic E-state index is 14.8. The zero-order valence-electron chi connectivity index (χ0n) is 15.1. The van der Waals surface area contributed by atoms with Gasteiger partial charge in [-0.15, -0.1) is 0 Å². The summed E-state index contributed by atoms with van der Waals surface area (Å²) in [5.41, 5.74) is 1.11. The number of esters is 1. The number of aromatic nitrogens is 3. The molecule has 0 atom stereocenters. The molecule has 0 aliphatic rings. The average Bonchev–Trinajstić information content (AvgIpc) is 2.99. The zero-order valence-corrected chi connectivity index (χ0v) is 15.9. The highest BCUT2D eigenvalue weighted by Crippen LogP contribution is 2.30. The Bertz CT molecular complexity index is 1140. The van der Waals surface area contributed by atoms with E-state index < -0.39 is 21.6 Å². The number of nitrogens with zero attached hydrogens (tertiary/aromatic N) is 3. The van der Waals surface area contributed by atoms with Crippen molar-refractivity contribution in [1.29, 1.82) is 0 Å². The lowest BCUT2D eigenvalue weighted by atomic mass is 10.1. The van der Waals surface area contributed by atoms with E-state index in [1.807, 2.05) is 6.92 Å². The summed E-state index contributed by atoms with van der Waals surface area (Å²) in [6.45, 7) is 5.09. The first-order valence-electron chi connectivity index (χ1n) is 8.33. The van der Waals surface area contributed by atoms with Gasteiger partial charge in [0, 0.05) is 18.0 Å². The number of hydrogen-bond donors (Lipinski definition) is 0. The fourth-order valence-corrected chi connectivity index (χ4v) is 3.55. The molecule has 0 spiro atoms. The van der Waals surface area contributed by atoms with Gasteiger partial charge in [0.25, 0.3) is 0 Å². The summed E-state index contributed by atoms with van der Waals surface area (Å²) in [5.74, 6) is -1.61. The quantitative estimate of drug-likeness (QED) is 0.621. The van der Waals surface area contributed by atoms with Crippen LogP contribution in [0.4, 0.5) is 4.39 Å². The summed E-state index contributed by atoms with van der Waals surface area (Å²) in [6.07, 6.45) is 3.22. The summed E-state index contributed by atoms with van der Waals surface area (Å²) in [7, 11) is -3.55. The van der Waals surface area contributed by atoms with Gasteiger partial charge in [-0.3, -0.25) is 0 Å². The first kappa shape index (κ1) is 19.0. The molecule has 2 heterocycles. The fourth-order valence-electron chi connectivity index (χ4n) is 2.66. The second-order valence-corrected chi connectivity index (χ2v) is 8.17. The molecule has 9 heteroatoms. The van der Waals surface area contributed by atoms with Crippen molar-refractivity contribution in [3.05, 3.63) is 47.5 Å². The third-order valence-corrected chi connectivity index (χ3v) is 5.75. The molecule has 142 valence electrons. The standard InChI is InChI=1S/C18H18FN3O4S/c1-4-26-18(23)15-16(21-22-10-11(3)9-20-17(15)22)13-7-6-12(8-14(13)19)27(24,25)5-2/h6-10H,4-5H2,1-3H3. The van der Waals surface area contributed by atoms with Crippen LogP contribution in [0.1, 0.15) is 29.8 Å². The van der Waals surface area contributed by atoms with Crippen LogP contribution in [-0.4, -0.2) is 41.3 Å². The number of fused-ring (bicyclic) bond motifs is 1. The summed E-state index contributed by atoms with van der Waals surface area (Å²) >= 11 is 0. The van der Waals surface area contributed by atoms with Crippen LogP contribution in [0, 0.1) is 12.7 Å². The van der Waals surface area contributed by atoms with E-state index in [0.29, 0.717) is 0 Å². The monoisotopic (exact) mass is 391 g/mol. The Labute approximate surface area is 155 Å². The molecule has 0 aliphatic carbocycles. The first-order chi connectivity index (χ1) is 12.8. The van der Waals surface area contributed by atoms with Crippen molar-refractivity contribution in [1.82, 2.24) is 14.6 Å². The average molecular weight is 391 g/mol. The van der Waals surface area contributed by atoms with E-state index in [1.165, 1.54) is 23.6 Å². The highest BCUT2D eigenvalue weighted by molar-refractivity contribution is 7.91. The molecular formula is C18H18FN3O4S. The molecule has 0 radical (unpaired) electrons. The number of carbonyl (C=O) groups is 1. The Morgan fingerprint density at radius 2 is 2.04 bits per heavy atom. The third kappa shape index (κ3) is 3.42. The number of rotatable bonds is 5.